The van der Waals surface area contributed by atoms with Gasteiger partial charge in [-0.3, -0.25) is 0 Å². The Kier molecular flexibility index (Phi) is 9.97. The normalized spacial score (nSPS) is 11.0. The highest BCUT2D eigenvalue weighted by Gasteiger charge is 2.13. The largest absolute Gasteiger partial charge is 0.493 e. The summed E-state index contributed by atoms with van der Waals surface area (Å²) in [6, 6.07) is 30.5. The van der Waals surface area contributed by atoms with Crippen molar-refractivity contribution in [3.63, 3.8) is 0 Å². The van der Waals surface area contributed by atoms with Gasteiger partial charge in [0.15, 0.2) is 0 Å². The van der Waals surface area contributed by atoms with Gasteiger partial charge in [-0.2, -0.15) is 0 Å². The average Bonchev–Trinajstić information content (AvgIpc) is 2.81. The molecular weight excluding hydrogens is 383 g/mol. The summed E-state index contributed by atoms with van der Waals surface area (Å²) in [5.41, 5.74) is 1.42. The van der Waals surface area contributed by atoms with Gasteiger partial charge in [0.25, 0.3) is 0 Å². The lowest BCUT2D eigenvalue weighted by atomic mass is 10.0. The van der Waals surface area contributed by atoms with E-state index in [0.29, 0.717) is 0 Å². The smallest absolute Gasteiger partial charge is 0.119 e. The minimum atomic E-state index is -0.393. The van der Waals surface area contributed by atoms with E-state index in [-0.39, 0.29) is 0 Å². The standard InChI is InChI=1S/C28H35OP/c1-2-3-4-5-6-9-14-25-19-21-26(22-20-25)29-23-24-30(27-15-10-7-11-16-27)28-17-12-8-13-18-28/h7-8,10-13,15-22H,2-6,9,14,23-24H2,1H3. The topological polar surface area (TPSA) is 9.23 Å². The second-order valence-corrected chi connectivity index (χ2v) is 10.2. The lowest BCUT2D eigenvalue weighted by Crippen LogP contribution is -2.17. The molecule has 0 aliphatic rings. The summed E-state index contributed by atoms with van der Waals surface area (Å²) in [6.45, 7) is 3.01. The molecule has 0 saturated carbocycles. The molecule has 30 heavy (non-hydrogen) atoms. The Balaban J connectivity index is 1.47. The lowest BCUT2D eigenvalue weighted by Gasteiger charge is -2.19. The molecule has 3 aromatic rings. The second-order valence-electron chi connectivity index (χ2n) is 7.83. The van der Waals surface area contributed by atoms with Gasteiger partial charge >= 0.3 is 0 Å². The van der Waals surface area contributed by atoms with Gasteiger partial charge in [-0.15, -0.1) is 0 Å². The third kappa shape index (κ3) is 7.62. The number of unbranched alkanes of at least 4 members (excludes halogenated alkanes) is 5. The molecule has 0 amide bonds. The summed E-state index contributed by atoms with van der Waals surface area (Å²) in [5.74, 6) is 0.984. The van der Waals surface area contributed by atoms with E-state index in [0.717, 1.165) is 18.5 Å². The first-order chi connectivity index (χ1) is 14.9. The molecule has 0 atom stereocenters. The fraction of sp³-hybridized carbons (Fsp3) is 0.357. The van der Waals surface area contributed by atoms with Crippen LogP contribution in [0.3, 0.4) is 0 Å². The molecule has 0 aromatic heterocycles. The van der Waals surface area contributed by atoms with E-state index in [1.807, 2.05) is 0 Å². The highest BCUT2D eigenvalue weighted by atomic mass is 31.1. The van der Waals surface area contributed by atoms with Crippen LogP contribution in [0.2, 0.25) is 0 Å². The van der Waals surface area contributed by atoms with Crippen LogP contribution in [0.4, 0.5) is 0 Å². The first-order valence-corrected chi connectivity index (χ1v) is 13.0. The quantitative estimate of drug-likeness (QED) is 0.212. The van der Waals surface area contributed by atoms with Crippen molar-refractivity contribution in [2.45, 2.75) is 51.9 Å². The molecule has 0 heterocycles. The summed E-state index contributed by atoms with van der Waals surface area (Å²) in [7, 11) is -0.393. The molecule has 0 bridgehead atoms. The van der Waals surface area contributed by atoms with Crippen molar-refractivity contribution in [3.05, 3.63) is 90.5 Å². The predicted molar refractivity (Wildman–Crippen MR) is 133 cm³/mol. The Hall–Kier alpha value is -2.11. The first kappa shape index (κ1) is 22.6. The molecule has 3 aromatic carbocycles. The van der Waals surface area contributed by atoms with Crippen LogP contribution in [-0.4, -0.2) is 12.8 Å². The molecule has 0 N–H and O–H groups in total. The zero-order chi connectivity index (χ0) is 20.9. The maximum Gasteiger partial charge on any atom is 0.119 e. The summed E-state index contributed by atoms with van der Waals surface area (Å²) in [5, 5.41) is 2.83. The van der Waals surface area contributed by atoms with Crippen molar-refractivity contribution in [3.8, 4) is 5.75 Å². The summed E-state index contributed by atoms with van der Waals surface area (Å²) < 4.78 is 6.12. The molecule has 0 saturated heterocycles. The predicted octanol–water partition coefficient (Wildman–Crippen LogP) is 7.10. The van der Waals surface area contributed by atoms with Crippen LogP contribution in [0, 0.1) is 0 Å². The van der Waals surface area contributed by atoms with Crippen LogP contribution in [0.15, 0.2) is 84.9 Å². The van der Waals surface area contributed by atoms with Crippen LogP contribution in [-0.2, 0) is 6.42 Å². The molecule has 158 valence electrons. The summed E-state index contributed by atoms with van der Waals surface area (Å²) in [4.78, 5) is 0. The Morgan fingerprint density at radius 1 is 0.633 bits per heavy atom. The van der Waals surface area contributed by atoms with Crippen LogP contribution in [0.1, 0.15) is 51.0 Å². The third-order valence-electron chi connectivity index (χ3n) is 5.46. The Morgan fingerprint density at radius 2 is 1.20 bits per heavy atom. The Morgan fingerprint density at radius 3 is 1.80 bits per heavy atom. The van der Waals surface area contributed by atoms with Crippen LogP contribution in [0.25, 0.3) is 0 Å². The third-order valence-corrected chi connectivity index (χ3v) is 7.93. The van der Waals surface area contributed by atoms with E-state index in [9.17, 15) is 0 Å². The van der Waals surface area contributed by atoms with Gasteiger partial charge < -0.3 is 4.74 Å². The monoisotopic (exact) mass is 418 g/mol. The van der Waals surface area contributed by atoms with E-state index in [4.69, 9.17) is 4.74 Å². The van der Waals surface area contributed by atoms with Gasteiger partial charge in [-0.1, -0.05) is 112 Å². The first-order valence-electron chi connectivity index (χ1n) is 11.5. The van der Waals surface area contributed by atoms with Crippen molar-refractivity contribution < 1.29 is 4.74 Å². The van der Waals surface area contributed by atoms with Gasteiger partial charge in [-0.25, -0.2) is 0 Å². The van der Waals surface area contributed by atoms with Gasteiger partial charge in [0.05, 0.1) is 6.61 Å². The van der Waals surface area contributed by atoms with Crippen LogP contribution >= 0.6 is 7.92 Å². The molecule has 0 fully saturated rings. The van der Waals surface area contributed by atoms with Gasteiger partial charge in [0.2, 0.25) is 0 Å². The van der Waals surface area contributed by atoms with E-state index in [2.05, 4.69) is 91.9 Å². The zero-order valence-corrected chi connectivity index (χ0v) is 19.2. The van der Waals surface area contributed by atoms with Gasteiger partial charge in [0.1, 0.15) is 5.75 Å². The average molecular weight is 419 g/mol. The van der Waals surface area contributed by atoms with Gasteiger partial charge in [-0.05, 0) is 49.1 Å². The van der Waals surface area contributed by atoms with E-state index in [1.165, 1.54) is 61.1 Å². The molecule has 1 nitrogen and oxygen atoms in total. The maximum atomic E-state index is 6.12. The van der Waals surface area contributed by atoms with E-state index >= 15 is 0 Å². The molecule has 3 rings (SSSR count). The SMILES string of the molecule is CCCCCCCCc1ccc(OCCP(c2ccccc2)c2ccccc2)cc1. The van der Waals surface area contributed by atoms with Crippen LogP contribution < -0.4 is 15.3 Å². The maximum absolute atomic E-state index is 6.12. The zero-order valence-electron chi connectivity index (χ0n) is 18.3. The number of hydrogen-bond donors (Lipinski definition) is 0. The fourth-order valence-electron chi connectivity index (χ4n) is 3.74. The molecule has 2 heteroatoms. The van der Waals surface area contributed by atoms with E-state index in [1.54, 1.807) is 0 Å². The molecule has 0 aliphatic heterocycles. The summed E-state index contributed by atoms with van der Waals surface area (Å²) >= 11 is 0. The minimum Gasteiger partial charge on any atom is -0.493 e. The number of benzene rings is 3. The minimum absolute atomic E-state index is 0.393. The summed E-state index contributed by atoms with van der Waals surface area (Å²) in [6.07, 6.45) is 10.3. The van der Waals surface area contributed by atoms with E-state index < -0.39 is 7.92 Å². The number of aryl methyl sites for hydroxylation is 1. The molecule has 0 aliphatic carbocycles. The number of ether oxygens (including phenoxy) is 1. The Bertz CT molecular complexity index is 775. The fourth-order valence-corrected chi connectivity index (χ4v) is 5.89. The highest BCUT2D eigenvalue weighted by molar-refractivity contribution is 7.73. The van der Waals surface area contributed by atoms with Crippen molar-refractivity contribution in [2.75, 3.05) is 12.8 Å². The number of hydrogen-bond acceptors (Lipinski definition) is 1. The molecular formula is C28H35OP. The van der Waals surface area contributed by atoms with Crippen molar-refractivity contribution >= 4 is 18.5 Å². The molecule has 0 unspecified atom stereocenters. The second kappa shape index (κ2) is 13.2. The highest BCUT2D eigenvalue weighted by Crippen LogP contribution is 2.33. The van der Waals surface area contributed by atoms with Crippen molar-refractivity contribution in [1.82, 2.24) is 0 Å². The lowest BCUT2D eigenvalue weighted by molar-refractivity contribution is 0.343. The molecule has 0 spiro atoms. The van der Waals surface area contributed by atoms with Crippen LogP contribution in [0.5, 0.6) is 5.75 Å². The van der Waals surface area contributed by atoms with Crippen molar-refractivity contribution in [1.29, 1.82) is 0 Å². The van der Waals surface area contributed by atoms with Crippen molar-refractivity contribution in [2.24, 2.45) is 0 Å². The van der Waals surface area contributed by atoms with Gasteiger partial charge in [0, 0.05) is 6.16 Å². The number of rotatable bonds is 13. The Labute approximate surface area is 184 Å². The molecule has 0 radical (unpaired) electrons.